The summed E-state index contributed by atoms with van der Waals surface area (Å²) in [7, 11) is 0. The van der Waals surface area contributed by atoms with Crippen LogP contribution in [0.3, 0.4) is 0 Å². The smallest absolute Gasteiger partial charge is 0.317 e. The summed E-state index contributed by atoms with van der Waals surface area (Å²) in [5.74, 6) is -6.42. The van der Waals surface area contributed by atoms with Gasteiger partial charge in [0.2, 0.25) is 11.8 Å². The Kier molecular flexibility index (Phi) is 10.0. The maximum atomic E-state index is 13.0. The first-order valence-electron chi connectivity index (χ1n) is 12.9. The Morgan fingerprint density at radius 1 is 0.579 bits per heavy atom. The molecular formula is C24H36N4O10. The zero-order chi connectivity index (χ0) is 28.0. The highest BCUT2D eigenvalue weighted by Gasteiger charge is 2.40. The van der Waals surface area contributed by atoms with Crippen LogP contribution in [0, 0.1) is 11.8 Å². The van der Waals surface area contributed by atoms with Crippen LogP contribution in [0.25, 0.3) is 0 Å². The summed E-state index contributed by atoms with van der Waals surface area (Å²) in [4.78, 5) is 77.9. The molecule has 2 aliphatic heterocycles. The Bertz CT molecular complexity index is 869. The monoisotopic (exact) mass is 540 g/mol. The molecule has 1 saturated carbocycles. The molecule has 0 bridgehead atoms. The minimum Gasteiger partial charge on any atom is -0.481 e. The zero-order valence-corrected chi connectivity index (χ0v) is 21.2. The molecule has 2 heterocycles. The molecule has 0 aromatic rings. The van der Waals surface area contributed by atoms with Crippen molar-refractivity contribution in [1.82, 2.24) is 19.6 Å². The molecule has 4 atom stereocenters. The van der Waals surface area contributed by atoms with Crippen molar-refractivity contribution >= 4 is 35.7 Å². The van der Waals surface area contributed by atoms with Gasteiger partial charge >= 0.3 is 23.9 Å². The van der Waals surface area contributed by atoms with Crippen molar-refractivity contribution in [2.45, 2.75) is 50.6 Å². The molecule has 3 aliphatic rings. The van der Waals surface area contributed by atoms with Crippen LogP contribution >= 0.6 is 0 Å². The fourth-order valence-corrected chi connectivity index (χ4v) is 5.80. The third kappa shape index (κ3) is 7.63. The molecule has 14 heteroatoms. The van der Waals surface area contributed by atoms with E-state index >= 15 is 0 Å². The zero-order valence-electron chi connectivity index (χ0n) is 21.2. The highest BCUT2D eigenvalue weighted by molar-refractivity contribution is 5.82. The summed E-state index contributed by atoms with van der Waals surface area (Å²) in [5, 5.41) is 37.6. The minimum absolute atomic E-state index is 0.0516. The second-order valence-corrected chi connectivity index (χ2v) is 10.3. The van der Waals surface area contributed by atoms with Crippen molar-refractivity contribution in [3.05, 3.63) is 0 Å². The van der Waals surface area contributed by atoms with Gasteiger partial charge in [-0.25, -0.2) is 0 Å². The highest BCUT2D eigenvalue weighted by atomic mass is 16.4. The number of rotatable bonds is 12. The van der Waals surface area contributed by atoms with Gasteiger partial charge in [-0.05, 0) is 25.7 Å². The van der Waals surface area contributed by atoms with E-state index in [4.69, 9.17) is 0 Å². The van der Waals surface area contributed by atoms with Crippen LogP contribution in [0.1, 0.15) is 38.5 Å². The largest absolute Gasteiger partial charge is 0.481 e. The maximum absolute atomic E-state index is 13.0. The summed E-state index contributed by atoms with van der Waals surface area (Å²) in [6, 6.07) is -1.03. The number of carboxylic acids is 4. The van der Waals surface area contributed by atoms with Gasteiger partial charge in [0, 0.05) is 38.3 Å². The lowest BCUT2D eigenvalue weighted by Gasteiger charge is -2.44. The number of hydrogen-bond donors (Lipinski definition) is 4. The number of carbonyl (C=O) groups is 6. The predicted molar refractivity (Wildman–Crippen MR) is 129 cm³/mol. The Balaban J connectivity index is 1.76. The average molecular weight is 541 g/mol. The molecule has 4 N–H and O–H groups in total. The lowest BCUT2D eigenvalue weighted by Crippen LogP contribution is -2.58. The van der Waals surface area contributed by atoms with Crippen LogP contribution in [0.2, 0.25) is 0 Å². The first-order valence-corrected chi connectivity index (χ1v) is 12.9. The second-order valence-electron chi connectivity index (χ2n) is 10.3. The van der Waals surface area contributed by atoms with E-state index in [0.717, 1.165) is 12.8 Å². The molecule has 3 rings (SSSR count). The van der Waals surface area contributed by atoms with E-state index in [9.17, 15) is 49.2 Å². The fourth-order valence-electron chi connectivity index (χ4n) is 5.80. The van der Waals surface area contributed by atoms with Crippen LogP contribution in [-0.2, 0) is 28.8 Å². The molecular weight excluding hydrogens is 504 g/mol. The van der Waals surface area contributed by atoms with Gasteiger partial charge in [-0.2, -0.15) is 0 Å². The molecule has 0 spiro atoms. The molecule has 3 fully saturated rings. The highest BCUT2D eigenvalue weighted by Crippen LogP contribution is 2.28. The first kappa shape index (κ1) is 29.3. The molecule has 2 saturated heterocycles. The van der Waals surface area contributed by atoms with Crippen molar-refractivity contribution in [2.24, 2.45) is 11.8 Å². The SMILES string of the molecule is O=C(O)CN(CC(=O)N1CCC(C(=O)O)C1)C1CCCCC1N(CC(=O)O)CC(=O)N1CCC(C(=O)O)C1. The number of amides is 2. The average Bonchev–Trinajstić information content (AvgIpc) is 3.53. The van der Waals surface area contributed by atoms with E-state index in [2.05, 4.69) is 0 Å². The van der Waals surface area contributed by atoms with E-state index in [1.807, 2.05) is 0 Å². The normalized spacial score (nSPS) is 25.6. The second kappa shape index (κ2) is 13.0. The van der Waals surface area contributed by atoms with Crippen molar-refractivity contribution in [1.29, 1.82) is 0 Å². The number of carbonyl (C=O) groups excluding carboxylic acids is 2. The van der Waals surface area contributed by atoms with Crippen molar-refractivity contribution in [3.8, 4) is 0 Å². The Morgan fingerprint density at radius 2 is 0.947 bits per heavy atom. The first-order chi connectivity index (χ1) is 18.0. The number of nitrogens with zero attached hydrogens (tertiary/aromatic N) is 4. The van der Waals surface area contributed by atoms with E-state index in [0.29, 0.717) is 25.7 Å². The van der Waals surface area contributed by atoms with Crippen LogP contribution in [0.4, 0.5) is 0 Å². The molecule has 0 aromatic carbocycles. The van der Waals surface area contributed by atoms with E-state index < -0.39 is 72.7 Å². The minimum atomic E-state index is -1.16. The van der Waals surface area contributed by atoms with E-state index in [1.165, 1.54) is 19.6 Å². The van der Waals surface area contributed by atoms with Crippen LogP contribution in [0.5, 0.6) is 0 Å². The summed E-state index contributed by atoms with van der Waals surface area (Å²) in [5.41, 5.74) is 0. The number of hydrogen-bond acceptors (Lipinski definition) is 8. The summed E-state index contributed by atoms with van der Waals surface area (Å²) >= 11 is 0. The van der Waals surface area contributed by atoms with Gasteiger partial charge in [-0.15, -0.1) is 0 Å². The quantitative estimate of drug-likeness (QED) is 0.234. The Hall–Kier alpha value is -3.26. The van der Waals surface area contributed by atoms with Crippen LogP contribution in [-0.4, -0.2) is 140 Å². The molecule has 14 nitrogen and oxygen atoms in total. The third-order valence-electron chi connectivity index (χ3n) is 7.77. The summed E-state index contributed by atoms with van der Waals surface area (Å²) in [6.07, 6.45) is 3.10. The van der Waals surface area contributed by atoms with Crippen molar-refractivity contribution < 1.29 is 49.2 Å². The van der Waals surface area contributed by atoms with E-state index in [1.54, 1.807) is 0 Å². The van der Waals surface area contributed by atoms with Gasteiger partial charge in [0.05, 0.1) is 38.0 Å². The number of aliphatic carboxylic acids is 4. The summed E-state index contributed by atoms with van der Waals surface area (Å²) < 4.78 is 0. The molecule has 1 aliphatic carbocycles. The summed E-state index contributed by atoms with van der Waals surface area (Å²) in [6.45, 7) is -0.835. The lowest BCUT2D eigenvalue weighted by molar-refractivity contribution is -0.146. The standard InChI is InChI=1S/C24H36N4O10/c29-19(25-7-5-15(9-25)23(35)36)11-27(13-21(31)32)17-3-1-2-4-18(17)28(14-22(33)34)12-20(30)26-8-6-16(10-26)24(37)38/h15-18H,1-14H2,(H,31,32)(H,33,34)(H,35,36)(H,37,38). The Labute approximate surface area is 219 Å². The van der Waals surface area contributed by atoms with Crippen molar-refractivity contribution in [3.63, 3.8) is 0 Å². The Morgan fingerprint density at radius 3 is 1.24 bits per heavy atom. The number of carboxylic acid groups (broad SMARTS) is 4. The molecule has 212 valence electrons. The van der Waals surface area contributed by atoms with E-state index in [-0.39, 0.29) is 39.3 Å². The predicted octanol–water partition coefficient (Wildman–Crippen LogP) is -1.06. The van der Waals surface area contributed by atoms with Gasteiger partial charge in [-0.3, -0.25) is 38.6 Å². The molecule has 0 radical (unpaired) electrons. The maximum Gasteiger partial charge on any atom is 0.317 e. The van der Waals surface area contributed by atoms with Gasteiger partial charge in [0.15, 0.2) is 0 Å². The van der Waals surface area contributed by atoms with Gasteiger partial charge < -0.3 is 30.2 Å². The van der Waals surface area contributed by atoms with Gasteiger partial charge in [0.25, 0.3) is 0 Å². The van der Waals surface area contributed by atoms with Crippen LogP contribution < -0.4 is 0 Å². The fraction of sp³-hybridized carbons (Fsp3) is 0.750. The molecule has 4 unspecified atom stereocenters. The topological polar surface area (TPSA) is 196 Å². The van der Waals surface area contributed by atoms with Crippen molar-refractivity contribution in [2.75, 3.05) is 52.4 Å². The lowest BCUT2D eigenvalue weighted by atomic mass is 9.87. The van der Waals surface area contributed by atoms with Gasteiger partial charge in [0.1, 0.15) is 0 Å². The van der Waals surface area contributed by atoms with Gasteiger partial charge in [-0.1, -0.05) is 12.8 Å². The molecule has 2 amide bonds. The molecule has 0 aromatic heterocycles. The molecule has 38 heavy (non-hydrogen) atoms. The number of likely N-dealkylation sites (tertiary alicyclic amines) is 2. The van der Waals surface area contributed by atoms with Crippen LogP contribution in [0.15, 0.2) is 0 Å². The third-order valence-corrected chi connectivity index (χ3v) is 7.77.